The van der Waals surface area contributed by atoms with Crippen molar-refractivity contribution in [3.05, 3.63) is 47.3 Å². The van der Waals surface area contributed by atoms with Crippen molar-refractivity contribution in [1.82, 2.24) is 24.5 Å². The number of nitrogens with zero attached hydrogens (tertiary/aromatic N) is 5. The molecule has 1 aromatic carbocycles. The fourth-order valence-electron chi connectivity index (χ4n) is 3.76. The van der Waals surface area contributed by atoms with Crippen molar-refractivity contribution in [2.45, 2.75) is 33.5 Å². The highest BCUT2D eigenvalue weighted by molar-refractivity contribution is 5.93. The standard InChI is InChI=1S/C22H24F3N7O/c1-6-32-15-9-18(27-19-10-17(22(23,24)25)31(4)29-19)26-11-14(15)21(30-32)28-20-12(2)7-8-16(33-5)13(20)3/h7-11H,6H2,1-5H3,(H,28,30)(H,26,27,29). The summed E-state index contributed by atoms with van der Waals surface area (Å²) >= 11 is 0. The van der Waals surface area contributed by atoms with Gasteiger partial charge in [0.2, 0.25) is 0 Å². The molecule has 0 aliphatic heterocycles. The van der Waals surface area contributed by atoms with Gasteiger partial charge in [-0.15, -0.1) is 0 Å². The largest absolute Gasteiger partial charge is 0.496 e. The number of aromatic nitrogens is 5. The highest BCUT2D eigenvalue weighted by Crippen LogP contribution is 2.34. The second-order valence-corrected chi connectivity index (χ2v) is 7.62. The number of aryl methyl sites for hydroxylation is 3. The predicted octanol–water partition coefficient (Wildman–Crippen LogP) is 5.32. The smallest absolute Gasteiger partial charge is 0.433 e. The zero-order chi connectivity index (χ0) is 23.9. The van der Waals surface area contributed by atoms with Crippen LogP contribution in [0.1, 0.15) is 23.7 Å². The third-order valence-corrected chi connectivity index (χ3v) is 5.45. The Labute approximate surface area is 188 Å². The van der Waals surface area contributed by atoms with Gasteiger partial charge >= 0.3 is 6.18 Å². The van der Waals surface area contributed by atoms with Crippen LogP contribution in [0.15, 0.2) is 30.5 Å². The van der Waals surface area contributed by atoms with Crippen LogP contribution in [0.2, 0.25) is 0 Å². The van der Waals surface area contributed by atoms with Crippen LogP contribution in [0.25, 0.3) is 10.9 Å². The number of anilines is 4. The first kappa shape index (κ1) is 22.4. The van der Waals surface area contributed by atoms with Gasteiger partial charge in [-0.3, -0.25) is 9.36 Å². The Hall–Kier alpha value is -3.76. The number of hydrogen-bond donors (Lipinski definition) is 2. The van der Waals surface area contributed by atoms with E-state index >= 15 is 0 Å². The van der Waals surface area contributed by atoms with E-state index in [1.165, 1.54) is 7.05 Å². The Morgan fingerprint density at radius 1 is 1.06 bits per heavy atom. The van der Waals surface area contributed by atoms with Gasteiger partial charge < -0.3 is 15.4 Å². The summed E-state index contributed by atoms with van der Waals surface area (Å²) in [5, 5.41) is 15.6. The van der Waals surface area contributed by atoms with Gasteiger partial charge in [0.15, 0.2) is 11.6 Å². The van der Waals surface area contributed by atoms with Gasteiger partial charge in [0.05, 0.1) is 18.0 Å². The predicted molar refractivity (Wildman–Crippen MR) is 120 cm³/mol. The molecule has 3 aromatic heterocycles. The first-order chi connectivity index (χ1) is 15.6. The molecule has 174 valence electrons. The van der Waals surface area contributed by atoms with Gasteiger partial charge in [-0.1, -0.05) is 6.07 Å². The Morgan fingerprint density at radius 2 is 1.82 bits per heavy atom. The first-order valence-electron chi connectivity index (χ1n) is 10.3. The molecule has 11 heteroatoms. The molecule has 0 amide bonds. The summed E-state index contributed by atoms with van der Waals surface area (Å²) in [6.07, 6.45) is -2.85. The molecule has 3 heterocycles. The number of nitrogens with one attached hydrogen (secondary N) is 2. The number of alkyl halides is 3. The summed E-state index contributed by atoms with van der Waals surface area (Å²) in [5.74, 6) is 1.81. The lowest BCUT2D eigenvalue weighted by Crippen LogP contribution is -2.11. The molecule has 2 N–H and O–H groups in total. The minimum atomic E-state index is -4.49. The summed E-state index contributed by atoms with van der Waals surface area (Å²) in [4.78, 5) is 4.37. The van der Waals surface area contributed by atoms with Gasteiger partial charge in [0.25, 0.3) is 0 Å². The van der Waals surface area contributed by atoms with Gasteiger partial charge in [-0.2, -0.15) is 23.4 Å². The molecule has 4 aromatic rings. The number of halogens is 3. The van der Waals surface area contributed by atoms with E-state index in [0.717, 1.165) is 44.2 Å². The molecule has 8 nitrogen and oxygen atoms in total. The molecule has 0 radical (unpaired) electrons. The molecule has 0 atom stereocenters. The number of pyridine rings is 1. The molecule has 0 unspecified atom stereocenters. The van der Waals surface area contributed by atoms with E-state index in [2.05, 4.69) is 25.8 Å². The number of ether oxygens (including phenoxy) is 1. The lowest BCUT2D eigenvalue weighted by molar-refractivity contribution is -0.143. The number of rotatable bonds is 6. The van der Waals surface area contributed by atoms with E-state index in [-0.39, 0.29) is 5.82 Å². The van der Waals surface area contributed by atoms with Gasteiger partial charge in [0, 0.05) is 43.2 Å². The third-order valence-electron chi connectivity index (χ3n) is 5.45. The number of hydrogen-bond acceptors (Lipinski definition) is 6. The van der Waals surface area contributed by atoms with E-state index < -0.39 is 11.9 Å². The third kappa shape index (κ3) is 4.18. The zero-order valence-electron chi connectivity index (χ0n) is 18.9. The van der Waals surface area contributed by atoms with Crippen LogP contribution in [0.3, 0.4) is 0 Å². The second-order valence-electron chi connectivity index (χ2n) is 7.62. The monoisotopic (exact) mass is 459 g/mol. The van der Waals surface area contributed by atoms with Crippen molar-refractivity contribution in [1.29, 1.82) is 0 Å². The van der Waals surface area contributed by atoms with E-state index in [9.17, 15) is 13.2 Å². The summed E-state index contributed by atoms with van der Waals surface area (Å²) in [7, 11) is 2.87. The van der Waals surface area contributed by atoms with E-state index in [4.69, 9.17) is 4.74 Å². The van der Waals surface area contributed by atoms with Crippen molar-refractivity contribution in [3.8, 4) is 5.75 Å². The van der Waals surface area contributed by atoms with Crippen molar-refractivity contribution in [2.75, 3.05) is 17.7 Å². The number of fused-ring (bicyclic) bond motifs is 1. The van der Waals surface area contributed by atoms with E-state index in [1.807, 2.05) is 32.9 Å². The molecule has 0 fully saturated rings. The maximum absolute atomic E-state index is 13.1. The van der Waals surface area contributed by atoms with Crippen molar-refractivity contribution in [3.63, 3.8) is 0 Å². The Morgan fingerprint density at radius 3 is 2.45 bits per heavy atom. The molecule has 0 aliphatic rings. The second kappa shape index (κ2) is 8.30. The lowest BCUT2D eigenvalue weighted by atomic mass is 10.1. The molecular weight excluding hydrogens is 435 g/mol. The molecular formula is C22H24F3N7O. The lowest BCUT2D eigenvalue weighted by Gasteiger charge is -2.14. The average Bonchev–Trinajstić information content (AvgIpc) is 3.30. The van der Waals surface area contributed by atoms with Crippen LogP contribution >= 0.6 is 0 Å². The molecule has 0 spiro atoms. The Bertz CT molecular complexity index is 1320. The average molecular weight is 459 g/mol. The topological polar surface area (TPSA) is 81.8 Å². The van der Waals surface area contributed by atoms with Crippen LogP contribution in [-0.4, -0.2) is 31.7 Å². The zero-order valence-corrected chi connectivity index (χ0v) is 18.9. The molecule has 33 heavy (non-hydrogen) atoms. The summed E-state index contributed by atoms with van der Waals surface area (Å²) < 4.78 is 47.2. The van der Waals surface area contributed by atoms with Crippen LogP contribution in [0.5, 0.6) is 5.75 Å². The van der Waals surface area contributed by atoms with Gasteiger partial charge in [-0.05, 0) is 32.4 Å². The molecule has 0 aliphatic carbocycles. The fourth-order valence-corrected chi connectivity index (χ4v) is 3.76. The van der Waals surface area contributed by atoms with Crippen molar-refractivity contribution < 1.29 is 17.9 Å². The first-order valence-corrected chi connectivity index (χ1v) is 10.3. The van der Waals surface area contributed by atoms with E-state index in [1.54, 1.807) is 24.1 Å². The summed E-state index contributed by atoms with van der Waals surface area (Å²) in [5.41, 5.74) is 2.82. The van der Waals surface area contributed by atoms with Crippen molar-refractivity contribution in [2.24, 2.45) is 7.05 Å². The Balaban J connectivity index is 1.69. The van der Waals surface area contributed by atoms with Crippen LogP contribution < -0.4 is 15.4 Å². The SMILES string of the molecule is CCn1nc(Nc2c(C)ccc(OC)c2C)c2cnc(Nc3cc(C(F)(F)F)n(C)n3)cc21. The minimum Gasteiger partial charge on any atom is -0.496 e. The number of benzene rings is 1. The van der Waals surface area contributed by atoms with Crippen LogP contribution in [0.4, 0.5) is 36.3 Å². The molecule has 0 bridgehead atoms. The van der Waals surface area contributed by atoms with Crippen LogP contribution in [-0.2, 0) is 19.8 Å². The van der Waals surface area contributed by atoms with E-state index in [0.29, 0.717) is 18.2 Å². The maximum atomic E-state index is 13.1. The maximum Gasteiger partial charge on any atom is 0.433 e. The molecule has 4 rings (SSSR count). The highest BCUT2D eigenvalue weighted by atomic mass is 19.4. The quantitative estimate of drug-likeness (QED) is 0.406. The fraction of sp³-hybridized carbons (Fsp3) is 0.318. The molecule has 0 saturated heterocycles. The Kier molecular flexibility index (Phi) is 5.64. The van der Waals surface area contributed by atoms with Crippen molar-refractivity contribution >= 4 is 34.0 Å². The normalized spacial score (nSPS) is 11.8. The summed E-state index contributed by atoms with van der Waals surface area (Å²) in [6, 6.07) is 6.57. The molecule has 0 saturated carbocycles. The number of methoxy groups -OCH3 is 1. The summed E-state index contributed by atoms with van der Waals surface area (Å²) in [6.45, 7) is 6.52. The van der Waals surface area contributed by atoms with Gasteiger partial charge in [-0.25, -0.2) is 4.98 Å². The highest BCUT2D eigenvalue weighted by Gasteiger charge is 2.35. The minimum absolute atomic E-state index is 0.0558. The van der Waals surface area contributed by atoms with Crippen LogP contribution in [0, 0.1) is 13.8 Å². The van der Waals surface area contributed by atoms with Gasteiger partial charge in [0.1, 0.15) is 17.3 Å².